The van der Waals surface area contributed by atoms with Gasteiger partial charge in [0.25, 0.3) is 6.65 Å². The minimum Gasteiger partial charge on any atom is -0.304 e. The predicted molar refractivity (Wildman–Crippen MR) is 108 cm³/mol. The van der Waals surface area contributed by atoms with Crippen LogP contribution in [0.2, 0.25) is 0 Å². The summed E-state index contributed by atoms with van der Waals surface area (Å²) >= 11 is 1.38. The molecular formula is C17H38N3O2PS. The second kappa shape index (κ2) is 13.2. The molecule has 24 heavy (non-hydrogen) atoms. The molecule has 1 amide bonds. The Kier molecular flexibility index (Phi) is 13.2. The minimum atomic E-state index is -2.86. The molecule has 0 aromatic rings. The summed E-state index contributed by atoms with van der Waals surface area (Å²) in [5.41, 5.74) is 0. The summed E-state index contributed by atoms with van der Waals surface area (Å²) in [6.45, 7) is 8.98. The van der Waals surface area contributed by atoms with Gasteiger partial charge in [-0.2, -0.15) is 0 Å². The molecule has 0 aromatic carbocycles. The van der Waals surface area contributed by atoms with Crippen LogP contribution >= 0.6 is 18.0 Å². The fourth-order valence-electron chi connectivity index (χ4n) is 2.41. The molecule has 0 saturated carbocycles. The number of hydrogen-bond donors (Lipinski definition) is 1. The lowest BCUT2D eigenvalue weighted by atomic mass is 10.1. The maximum Gasteiger partial charge on any atom is 0.294 e. The Morgan fingerprint density at radius 3 is 2.21 bits per heavy atom. The Morgan fingerprint density at radius 1 is 1.12 bits per heavy atom. The molecule has 1 N–H and O–H groups in total. The van der Waals surface area contributed by atoms with E-state index < -0.39 is 6.65 Å². The standard InChI is InChI=1S/C17H38N3O2PS/c1-7-16(4)24-23(22,18-5)19(6)17(21)14-12-10-11-13-15-20(8-2)9-3/h16H,7-15H2,1-6H3,(H,18,22). The van der Waals surface area contributed by atoms with Gasteiger partial charge in [0.2, 0.25) is 5.91 Å². The largest absolute Gasteiger partial charge is 0.304 e. The average molecular weight is 380 g/mol. The first kappa shape index (κ1) is 24.0. The highest BCUT2D eigenvalue weighted by atomic mass is 32.7. The normalized spacial score (nSPS) is 15.3. The Morgan fingerprint density at radius 2 is 1.71 bits per heavy atom. The third-order valence-electron chi connectivity index (χ3n) is 4.45. The van der Waals surface area contributed by atoms with Crippen LogP contribution in [-0.2, 0) is 9.36 Å². The van der Waals surface area contributed by atoms with Gasteiger partial charge in [0.05, 0.1) is 0 Å². The van der Waals surface area contributed by atoms with Crippen molar-refractivity contribution in [3.8, 4) is 0 Å². The van der Waals surface area contributed by atoms with Gasteiger partial charge in [-0.1, -0.05) is 51.9 Å². The van der Waals surface area contributed by atoms with Gasteiger partial charge < -0.3 is 4.90 Å². The average Bonchev–Trinajstić information content (AvgIpc) is 2.59. The van der Waals surface area contributed by atoms with E-state index >= 15 is 0 Å². The van der Waals surface area contributed by atoms with E-state index in [-0.39, 0.29) is 11.2 Å². The van der Waals surface area contributed by atoms with Gasteiger partial charge >= 0.3 is 0 Å². The minimum absolute atomic E-state index is 0.0211. The van der Waals surface area contributed by atoms with E-state index in [0.29, 0.717) is 6.42 Å². The van der Waals surface area contributed by atoms with E-state index in [0.717, 1.165) is 45.3 Å². The summed E-state index contributed by atoms with van der Waals surface area (Å²) in [5.74, 6) is -0.0211. The lowest BCUT2D eigenvalue weighted by molar-refractivity contribution is -0.125. The highest BCUT2D eigenvalue weighted by molar-refractivity contribution is 8.57. The Balaban J connectivity index is 4.15. The van der Waals surface area contributed by atoms with Gasteiger partial charge in [-0.25, -0.2) is 5.09 Å². The first-order valence-corrected chi connectivity index (χ1v) is 12.5. The van der Waals surface area contributed by atoms with Gasteiger partial charge in [0.1, 0.15) is 0 Å². The number of carbonyl (C=O) groups is 1. The van der Waals surface area contributed by atoms with Gasteiger partial charge in [0, 0.05) is 18.7 Å². The summed E-state index contributed by atoms with van der Waals surface area (Å²) in [5, 5.41) is 3.14. The molecule has 0 bridgehead atoms. The molecule has 7 heteroatoms. The summed E-state index contributed by atoms with van der Waals surface area (Å²) in [6.07, 6.45) is 5.69. The highest BCUT2D eigenvalue weighted by Crippen LogP contribution is 2.59. The van der Waals surface area contributed by atoms with E-state index in [2.05, 4.69) is 30.8 Å². The second-order valence-electron chi connectivity index (χ2n) is 6.18. The van der Waals surface area contributed by atoms with Crippen LogP contribution in [0, 0.1) is 0 Å². The number of carbonyl (C=O) groups excluding carboxylic acids is 1. The van der Waals surface area contributed by atoms with Crippen LogP contribution in [0.4, 0.5) is 0 Å². The van der Waals surface area contributed by atoms with Crippen LogP contribution in [0.5, 0.6) is 0 Å². The highest BCUT2D eigenvalue weighted by Gasteiger charge is 2.31. The molecule has 2 unspecified atom stereocenters. The van der Waals surface area contributed by atoms with E-state index in [1.807, 2.05) is 6.92 Å². The van der Waals surface area contributed by atoms with Crippen LogP contribution < -0.4 is 5.09 Å². The monoisotopic (exact) mass is 379 g/mol. The quantitative estimate of drug-likeness (QED) is 0.353. The summed E-state index contributed by atoms with van der Waals surface area (Å²) in [7, 11) is 3.34. The lowest BCUT2D eigenvalue weighted by Gasteiger charge is -2.28. The maximum absolute atomic E-state index is 12.9. The summed E-state index contributed by atoms with van der Waals surface area (Å²) in [6, 6.07) is 0. The molecule has 0 heterocycles. The first-order valence-electron chi connectivity index (χ1n) is 9.31. The van der Waals surface area contributed by atoms with Crippen LogP contribution in [0.1, 0.15) is 66.2 Å². The number of rotatable bonds is 14. The van der Waals surface area contributed by atoms with Crippen molar-refractivity contribution in [3.05, 3.63) is 0 Å². The number of nitrogens with one attached hydrogen (secondary N) is 1. The zero-order valence-corrected chi connectivity index (χ0v) is 18.2. The van der Waals surface area contributed by atoms with Crippen molar-refractivity contribution in [1.29, 1.82) is 0 Å². The van der Waals surface area contributed by atoms with E-state index in [9.17, 15) is 9.36 Å². The van der Waals surface area contributed by atoms with E-state index in [1.165, 1.54) is 22.5 Å². The van der Waals surface area contributed by atoms with Gasteiger partial charge in [-0.3, -0.25) is 14.0 Å². The summed E-state index contributed by atoms with van der Waals surface area (Å²) in [4.78, 5) is 14.8. The molecule has 5 nitrogen and oxygen atoms in total. The van der Waals surface area contributed by atoms with Gasteiger partial charge in [0.15, 0.2) is 0 Å². The topological polar surface area (TPSA) is 52.7 Å². The lowest BCUT2D eigenvalue weighted by Crippen LogP contribution is -2.28. The number of nitrogens with zero attached hydrogens (tertiary/aromatic N) is 2. The van der Waals surface area contributed by atoms with Crippen molar-refractivity contribution < 1.29 is 9.36 Å². The Hall–Kier alpha value is -0.0300. The first-order chi connectivity index (χ1) is 11.3. The zero-order chi connectivity index (χ0) is 18.6. The molecule has 0 rings (SSSR count). The molecule has 0 fully saturated rings. The van der Waals surface area contributed by atoms with Crippen molar-refractivity contribution in [2.24, 2.45) is 0 Å². The molecule has 0 aliphatic rings. The maximum atomic E-state index is 12.9. The van der Waals surface area contributed by atoms with Crippen LogP contribution in [0.3, 0.4) is 0 Å². The molecule has 2 atom stereocenters. The van der Waals surface area contributed by atoms with E-state index in [1.54, 1.807) is 14.1 Å². The third-order valence-corrected chi connectivity index (χ3v) is 10.2. The van der Waals surface area contributed by atoms with Crippen LogP contribution in [-0.4, -0.2) is 54.5 Å². The van der Waals surface area contributed by atoms with Crippen molar-refractivity contribution in [2.45, 2.75) is 71.5 Å². The van der Waals surface area contributed by atoms with Crippen molar-refractivity contribution in [1.82, 2.24) is 14.7 Å². The predicted octanol–water partition coefficient (Wildman–Crippen LogP) is 4.60. The number of hydrogen-bond acceptors (Lipinski definition) is 4. The van der Waals surface area contributed by atoms with Gasteiger partial charge in [-0.15, -0.1) is 0 Å². The third kappa shape index (κ3) is 8.89. The molecule has 0 aliphatic carbocycles. The van der Waals surface area contributed by atoms with Crippen molar-refractivity contribution >= 4 is 23.9 Å². The Labute approximate surface area is 153 Å². The van der Waals surface area contributed by atoms with E-state index in [4.69, 9.17) is 0 Å². The molecule has 144 valence electrons. The smallest absolute Gasteiger partial charge is 0.294 e. The number of amides is 1. The van der Waals surface area contributed by atoms with Gasteiger partial charge in [-0.05, 0) is 45.9 Å². The zero-order valence-electron chi connectivity index (χ0n) is 16.5. The van der Waals surface area contributed by atoms with Crippen molar-refractivity contribution in [2.75, 3.05) is 33.7 Å². The fraction of sp³-hybridized carbons (Fsp3) is 0.941. The summed E-state index contributed by atoms with van der Waals surface area (Å²) < 4.78 is 14.4. The molecular weight excluding hydrogens is 341 g/mol. The molecule has 0 radical (unpaired) electrons. The van der Waals surface area contributed by atoms with Crippen LogP contribution in [0.15, 0.2) is 0 Å². The molecule has 0 saturated heterocycles. The number of unbranched alkanes of at least 4 members (excludes halogenated alkanes) is 3. The second-order valence-corrected chi connectivity index (χ2v) is 11.4. The Bertz CT molecular complexity index is 392. The molecule has 0 aromatic heterocycles. The SMILES string of the molecule is CCC(C)SP(=O)(NC)N(C)C(=O)CCCCCCN(CC)CC. The van der Waals surface area contributed by atoms with Crippen LogP contribution in [0.25, 0.3) is 0 Å². The van der Waals surface area contributed by atoms with Crippen molar-refractivity contribution in [3.63, 3.8) is 0 Å². The fourth-order valence-corrected chi connectivity index (χ4v) is 6.91. The molecule has 0 aliphatic heterocycles. The molecule has 0 spiro atoms.